The van der Waals surface area contributed by atoms with Gasteiger partial charge in [-0.25, -0.2) is 4.39 Å². The van der Waals surface area contributed by atoms with E-state index in [4.69, 9.17) is 19.9 Å². The molecule has 0 bridgehead atoms. The maximum Gasteiger partial charge on any atom is 0.172 e. The molecule has 0 aliphatic carbocycles. The van der Waals surface area contributed by atoms with Gasteiger partial charge in [-0.05, 0) is 47.9 Å². The summed E-state index contributed by atoms with van der Waals surface area (Å²) in [5.74, 6) is 1.37. The number of hydrogen-bond acceptors (Lipinski definition) is 4. The van der Waals surface area contributed by atoms with Crippen molar-refractivity contribution < 1.29 is 18.6 Å². The predicted octanol–water partition coefficient (Wildman–Crippen LogP) is 6.82. The molecule has 4 aromatic carbocycles. The van der Waals surface area contributed by atoms with Crippen LogP contribution in [0.5, 0.6) is 11.5 Å². The molecule has 0 spiro atoms. The number of nitrogen functional groups attached to an aromatic ring is 1. The fraction of sp³-hybridized carbons (Fsp3) is 0.133. The third-order valence-corrected chi connectivity index (χ3v) is 5.83. The van der Waals surface area contributed by atoms with Crippen LogP contribution in [0.25, 0.3) is 5.76 Å². The summed E-state index contributed by atoms with van der Waals surface area (Å²) in [4.78, 5) is 0. The summed E-state index contributed by atoms with van der Waals surface area (Å²) in [7, 11) is 0. The number of allylic oxidation sites excluding steroid dienone is 1. The second-order valence-electron chi connectivity index (χ2n) is 8.57. The molecule has 0 fully saturated rings. The van der Waals surface area contributed by atoms with Crippen LogP contribution in [-0.2, 0) is 24.4 Å². The van der Waals surface area contributed by atoms with Gasteiger partial charge in [-0.15, -0.1) is 0 Å². The van der Waals surface area contributed by atoms with E-state index in [1.165, 1.54) is 6.07 Å². The molecule has 1 aliphatic heterocycles. The zero-order valence-electron chi connectivity index (χ0n) is 19.5. The van der Waals surface area contributed by atoms with Crippen molar-refractivity contribution in [2.75, 3.05) is 5.73 Å². The SMILES string of the molecule is Cc1cc(N)c2c(c1)CC(OCc1ccccc1)=C(c1ccc(OCc3ccccc3)c(F)c1)O2. The van der Waals surface area contributed by atoms with Crippen molar-refractivity contribution in [3.05, 3.63) is 130 Å². The first kappa shape index (κ1) is 22.5. The summed E-state index contributed by atoms with van der Waals surface area (Å²) in [6, 6.07) is 28.3. The molecule has 1 aliphatic rings. The first-order valence-electron chi connectivity index (χ1n) is 11.5. The highest BCUT2D eigenvalue weighted by molar-refractivity contribution is 5.72. The van der Waals surface area contributed by atoms with E-state index in [9.17, 15) is 0 Å². The molecule has 0 aromatic heterocycles. The molecule has 5 rings (SSSR count). The van der Waals surface area contributed by atoms with Crippen molar-refractivity contribution >= 4 is 11.4 Å². The van der Waals surface area contributed by atoms with Gasteiger partial charge in [0.15, 0.2) is 23.1 Å². The van der Waals surface area contributed by atoms with Crippen LogP contribution < -0.4 is 15.2 Å². The Morgan fingerprint density at radius 3 is 2.14 bits per heavy atom. The molecule has 1 heterocycles. The first-order chi connectivity index (χ1) is 17.1. The minimum Gasteiger partial charge on any atom is -0.489 e. The summed E-state index contributed by atoms with van der Waals surface area (Å²) in [5.41, 5.74) is 11.3. The molecule has 5 heteroatoms. The van der Waals surface area contributed by atoms with Crippen molar-refractivity contribution in [2.45, 2.75) is 26.6 Å². The fourth-order valence-corrected chi connectivity index (χ4v) is 4.12. The second kappa shape index (κ2) is 9.94. The third-order valence-electron chi connectivity index (χ3n) is 5.83. The third kappa shape index (κ3) is 5.14. The largest absolute Gasteiger partial charge is 0.489 e. The molecule has 0 saturated carbocycles. The summed E-state index contributed by atoms with van der Waals surface area (Å²) >= 11 is 0. The van der Waals surface area contributed by atoms with Crippen molar-refractivity contribution in [3.63, 3.8) is 0 Å². The Kier molecular flexibility index (Phi) is 6.40. The zero-order chi connectivity index (χ0) is 24.2. The number of nitrogens with two attached hydrogens (primary N) is 1. The number of halogens is 1. The first-order valence-corrected chi connectivity index (χ1v) is 11.5. The van der Waals surface area contributed by atoms with Gasteiger partial charge in [-0.3, -0.25) is 0 Å². The lowest BCUT2D eigenvalue weighted by atomic mass is 10.00. The van der Waals surface area contributed by atoms with E-state index < -0.39 is 5.82 Å². The fourth-order valence-electron chi connectivity index (χ4n) is 4.12. The van der Waals surface area contributed by atoms with Crippen molar-refractivity contribution in [2.24, 2.45) is 0 Å². The quantitative estimate of drug-likeness (QED) is 0.303. The Labute approximate surface area is 204 Å². The normalized spacial score (nSPS) is 12.6. The Morgan fingerprint density at radius 1 is 0.829 bits per heavy atom. The van der Waals surface area contributed by atoms with Crippen LogP contribution in [0.3, 0.4) is 0 Å². The summed E-state index contributed by atoms with van der Waals surface area (Å²) in [6.07, 6.45) is 0.497. The molecule has 4 aromatic rings. The number of fused-ring (bicyclic) bond motifs is 1. The monoisotopic (exact) mass is 467 g/mol. The lowest BCUT2D eigenvalue weighted by Crippen LogP contribution is -2.14. The molecule has 0 amide bonds. The maximum atomic E-state index is 15.0. The maximum absolute atomic E-state index is 15.0. The van der Waals surface area contributed by atoms with E-state index in [0.717, 1.165) is 22.3 Å². The number of benzene rings is 4. The summed E-state index contributed by atoms with van der Waals surface area (Å²) < 4.78 is 33.2. The van der Waals surface area contributed by atoms with E-state index in [2.05, 4.69) is 0 Å². The van der Waals surface area contributed by atoms with Crippen molar-refractivity contribution in [3.8, 4) is 11.5 Å². The smallest absolute Gasteiger partial charge is 0.172 e. The molecular weight excluding hydrogens is 441 g/mol. The minimum absolute atomic E-state index is 0.177. The highest BCUT2D eigenvalue weighted by Crippen LogP contribution is 2.40. The van der Waals surface area contributed by atoms with E-state index in [1.807, 2.05) is 79.7 Å². The van der Waals surface area contributed by atoms with Gasteiger partial charge in [-0.1, -0.05) is 66.7 Å². The highest BCUT2D eigenvalue weighted by Gasteiger charge is 2.25. The van der Waals surface area contributed by atoms with Crippen LogP contribution in [-0.4, -0.2) is 0 Å². The van der Waals surface area contributed by atoms with Gasteiger partial charge in [0.1, 0.15) is 19.0 Å². The Morgan fingerprint density at radius 2 is 1.49 bits per heavy atom. The molecule has 4 nitrogen and oxygen atoms in total. The van der Waals surface area contributed by atoms with E-state index in [0.29, 0.717) is 41.5 Å². The number of hydrogen-bond donors (Lipinski definition) is 1. The van der Waals surface area contributed by atoms with Gasteiger partial charge >= 0.3 is 0 Å². The van der Waals surface area contributed by atoms with Gasteiger partial charge in [0, 0.05) is 17.5 Å². The average Bonchev–Trinajstić information content (AvgIpc) is 2.87. The predicted molar refractivity (Wildman–Crippen MR) is 135 cm³/mol. The van der Waals surface area contributed by atoms with Crippen molar-refractivity contribution in [1.82, 2.24) is 0 Å². The number of aryl methyl sites for hydroxylation is 1. The average molecular weight is 468 g/mol. The molecule has 2 N–H and O–H groups in total. The van der Waals surface area contributed by atoms with Crippen LogP contribution >= 0.6 is 0 Å². The standard InChI is InChI=1S/C30H26FNO3/c1-20-14-24-17-28(34-19-22-10-6-3-7-11-22)30(35-29(24)26(32)15-20)23-12-13-27(25(31)16-23)33-18-21-8-4-2-5-9-21/h2-16H,17-19,32H2,1H3. The minimum atomic E-state index is -0.473. The second-order valence-corrected chi connectivity index (χ2v) is 8.57. The number of ether oxygens (including phenoxy) is 3. The lowest BCUT2D eigenvalue weighted by molar-refractivity contribution is 0.184. The summed E-state index contributed by atoms with van der Waals surface area (Å²) in [6.45, 7) is 2.65. The molecule has 176 valence electrons. The van der Waals surface area contributed by atoms with Gasteiger partial charge in [0.25, 0.3) is 0 Å². The van der Waals surface area contributed by atoms with Crippen molar-refractivity contribution in [1.29, 1.82) is 0 Å². The number of rotatable bonds is 7. The Balaban J connectivity index is 1.44. The topological polar surface area (TPSA) is 53.7 Å². The Hall–Kier alpha value is -4.25. The van der Waals surface area contributed by atoms with Crippen LogP contribution in [0.4, 0.5) is 10.1 Å². The molecule has 0 saturated heterocycles. The molecular formula is C30H26FNO3. The highest BCUT2D eigenvalue weighted by atomic mass is 19.1. The molecule has 0 radical (unpaired) electrons. The lowest BCUT2D eigenvalue weighted by Gasteiger charge is -2.25. The van der Waals surface area contributed by atoms with E-state index in [-0.39, 0.29) is 12.4 Å². The molecule has 35 heavy (non-hydrogen) atoms. The van der Waals surface area contributed by atoms with Gasteiger partial charge in [0.2, 0.25) is 0 Å². The zero-order valence-corrected chi connectivity index (χ0v) is 19.5. The van der Waals surface area contributed by atoms with Crippen LogP contribution in [0.2, 0.25) is 0 Å². The molecule has 0 atom stereocenters. The van der Waals surface area contributed by atoms with Crippen LogP contribution in [0.1, 0.15) is 27.8 Å². The van der Waals surface area contributed by atoms with Crippen LogP contribution in [0.15, 0.2) is 96.8 Å². The van der Waals surface area contributed by atoms with Gasteiger partial charge in [0.05, 0.1) is 5.69 Å². The Bertz CT molecular complexity index is 1370. The number of anilines is 1. The van der Waals surface area contributed by atoms with Gasteiger partial charge < -0.3 is 19.9 Å². The van der Waals surface area contributed by atoms with E-state index in [1.54, 1.807) is 12.1 Å². The summed E-state index contributed by atoms with van der Waals surface area (Å²) in [5, 5.41) is 0. The molecule has 0 unspecified atom stereocenters. The van der Waals surface area contributed by atoms with Gasteiger partial charge in [-0.2, -0.15) is 0 Å². The van der Waals surface area contributed by atoms with E-state index >= 15 is 4.39 Å². The van der Waals surface area contributed by atoms with Crippen LogP contribution in [0, 0.1) is 12.7 Å².